The number of nitrogens with zero attached hydrogens (tertiary/aromatic N) is 1. The van der Waals surface area contributed by atoms with Gasteiger partial charge in [-0.1, -0.05) is 0 Å². The van der Waals surface area contributed by atoms with Crippen LogP contribution >= 0.6 is 0 Å². The number of esters is 1. The molecular weight excluding hydrogens is 252 g/mol. The van der Waals surface area contributed by atoms with Crippen LogP contribution in [0.3, 0.4) is 0 Å². The third-order valence-corrected chi connectivity index (χ3v) is 2.70. The number of Topliss-reactive ketones (excluding diaryl/α,β-unsaturated/α-hetero) is 1. The molecule has 7 nitrogen and oxygen atoms in total. The molecule has 0 saturated carbocycles. The van der Waals surface area contributed by atoms with Gasteiger partial charge in [-0.15, -0.1) is 0 Å². The molecule has 19 heavy (non-hydrogen) atoms. The fourth-order valence-electron chi connectivity index (χ4n) is 1.68. The molecule has 0 aromatic heterocycles. The maximum Gasteiger partial charge on any atom is 0.333 e. The van der Waals surface area contributed by atoms with Crippen LogP contribution in [-0.4, -0.2) is 37.9 Å². The molecule has 1 N–H and O–H groups in total. The van der Waals surface area contributed by atoms with E-state index in [1.165, 1.54) is 7.11 Å². The molecule has 1 aliphatic rings. The van der Waals surface area contributed by atoms with E-state index in [1.54, 1.807) is 24.3 Å². The first-order valence-corrected chi connectivity index (χ1v) is 5.45. The molecular formula is C12H12N2O5. The first-order valence-electron chi connectivity index (χ1n) is 5.45. The van der Waals surface area contributed by atoms with Crippen molar-refractivity contribution < 1.29 is 23.9 Å². The van der Waals surface area contributed by atoms with Gasteiger partial charge < -0.3 is 9.47 Å². The number of benzene rings is 1. The zero-order chi connectivity index (χ0) is 14.0. The molecule has 1 fully saturated rings. The molecule has 0 bridgehead atoms. The minimum atomic E-state index is -1.29. The Kier molecular flexibility index (Phi) is 3.48. The molecule has 1 aromatic carbocycles. The van der Waals surface area contributed by atoms with Gasteiger partial charge in [0.05, 0.1) is 19.9 Å². The van der Waals surface area contributed by atoms with E-state index in [-0.39, 0.29) is 0 Å². The Morgan fingerprint density at radius 2 is 1.84 bits per heavy atom. The Labute approximate surface area is 109 Å². The van der Waals surface area contributed by atoms with Crippen molar-refractivity contribution in [2.24, 2.45) is 0 Å². The number of nitrogens with one attached hydrogen (secondary N) is 1. The zero-order valence-corrected chi connectivity index (χ0v) is 10.4. The summed E-state index contributed by atoms with van der Waals surface area (Å²) in [5.41, 5.74) is 2.95. The fraction of sp³-hybridized carbons (Fsp3) is 0.250. The first-order chi connectivity index (χ1) is 9.08. The summed E-state index contributed by atoms with van der Waals surface area (Å²) in [5, 5.41) is 1.02. The number of amides is 1. The second-order valence-electron chi connectivity index (χ2n) is 3.79. The van der Waals surface area contributed by atoms with Crippen molar-refractivity contribution in [3.63, 3.8) is 0 Å². The number of anilines is 1. The lowest BCUT2D eigenvalue weighted by Gasteiger charge is -2.16. The Hall–Kier alpha value is -2.41. The van der Waals surface area contributed by atoms with E-state index < -0.39 is 23.7 Å². The van der Waals surface area contributed by atoms with Crippen LogP contribution in [0.2, 0.25) is 0 Å². The number of hydrogen-bond acceptors (Lipinski definition) is 6. The minimum Gasteiger partial charge on any atom is -0.497 e. The maximum absolute atomic E-state index is 11.8. The van der Waals surface area contributed by atoms with Gasteiger partial charge in [-0.3, -0.25) is 9.59 Å². The van der Waals surface area contributed by atoms with E-state index in [4.69, 9.17) is 4.74 Å². The van der Waals surface area contributed by atoms with Crippen molar-refractivity contribution in [2.45, 2.75) is 6.04 Å². The summed E-state index contributed by atoms with van der Waals surface area (Å²) in [4.78, 5) is 34.7. The van der Waals surface area contributed by atoms with Crippen LogP contribution in [0, 0.1) is 0 Å². The van der Waals surface area contributed by atoms with Crippen LogP contribution in [0.25, 0.3) is 0 Å². The van der Waals surface area contributed by atoms with Crippen molar-refractivity contribution in [1.82, 2.24) is 5.43 Å². The molecule has 1 unspecified atom stereocenters. The Morgan fingerprint density at radius 3 is 2.37 bits per heavy atom. The zero-order valence-electron chi connectivity index (χ0n) is 10.4. The average Bonchev–Trinajstić information content (AvgIpc) is 2.75. The Bertz CT molecular complexity index is 525. The van der Waals surface area contributed by atoms with Crippen LogP contribution in [-0.2, 0) is 19.1 Å². The molecule has 2 rings (SSSR count). The highest BCUT2D eigenvalue weighted by Crippen LogP contribution is 2.21. The van der Waals surface area contributed by atoms with Gasteiger partial charge in [0.15, 0.2) is 6.04 Å². The molecule has 1 amide bonds. The topological polar surface area (TPSA) is 84.9 Å². The number of ether oxygens (including phenoxy) is 2. The third kappa shape index (κ3) is 2.27. The number of ketones is 1. The van der Waals surface area contributed by atoms with Crippen molar-refractivity contribution in [1.29, 1.82) is 0 Å². The highest BCUT2D eigenvalue weighted by Gasteiger charge is 2.44. The molecule has 1 aromatic rings. The van der Waals surface area contributed by atoms with Gasteiger partial charge in [-0.05, 0) is 24.3 Å². The molecule has 0 aliphatic carbocycles. The Morgan fingerprint density at radius 1 is 1.21 bits per heavy atom. The van der Waals surface area contributed by atoms with Gasteiger partial charge in [0.1, 0.15) is 5.75 Å². The number of carbonyl (C=O) groups excluding carboxylic acids is 3. The van der Waals surface area contributed by atoms with E-state index in [1.807, 2.05) is 0 Å². The second-order valence-corrected chi connectivity index (χ2v) is 3.79. The van der Waals surface area contributed by atoms with Crippen LogP contribution in [0.15, 0.2) is 24.3 Å². The monoisotopic (exact) mass is 264 g/mol. The number of hydrazine groups is 1. The summed E-state index contributed by atoms with van der Waals surface area (Å²) in [5.74, 6) is -1.83. The van der Waals surface area contributed by atoms with Gasteiger partial charge in [-0.2, -0.15) is 0 Å². The molecule has 0 radical (unpaired) electrons. The van der Waals surface area contributed by atoms with E-state index >= 15 is 0 Å². The fourth-order valence-corrected chi connectivity index (χ4v) is 1.68. The van der Waals surface area contributed by atoms with E-state index in [9.17, 15) is 14.4 Å². The molecule has 1 saturated heterocycles. The lowest BCUT2D eigenvalue weighted by molar-refractivity contribution is -0.147. The molecule has 100 valence electrons. The Balaban J connectivity index is 2.23. The highest BCUT2D eigenvalue weighted by atomic mass is 16.5. The number of methoxy groups -OCH3 is 2. The van der Waals surface area contributed by atoms with Crippen molar-refractivity contribution in [3.8, 4) is 5.75 Å². The third-order valence-electron chi connectivity index (χ3n) is 2.70. The van der Waals surface area contributed by atoms with E-state index in [0.29, 0.717) is 11.4 Å². The lowest BCUT2D eigenvalue weighted by Crippen LogP contribution is -2.42. The molecule has 0 spiro atoms. The van der Waals surface area contributed by atoms with Crippen LogP contribution < -0.4 is 15.2 Å². The smallest absolute Gasteiger partial charge is 0.333 e. The number of hydrogen-bond donors (Lipinski definition) is 1. The van der Waals surface area contributed by atoms with Crippen molar-refractivity contribution in [2.75, 3.05) is 19.2 Å². The second kappa shape index (κ2) is 5.07. The first kappa shape index (κ1) is 13.0. The summed E-state index contributed by atoms with van der Waals surface area (Å²) in [6.45, 7) is 0. The number of rotatable bonds is 3. The van der Waals surface area contributed by atoms with Crippen molar-refractivity contribution >= 4 is 23.3 Å². The van der Waals surface area contributed by atoms with Gasteiger partial charge in [0.25, 0.3) is 5.78 Å². The van der Waals surface area contributed by atoms with Gasteiger partial charge >= 0.3 is 11.9 Å². The SMILES string of the molecule is COC(=O)C1NN(c2ccc(OC)cc2)C(=O)C1=O. The lowest BCUT2D eigenvalue weighted by atomic mass is 10.2. The standard InChI is InChI=1S/C12H12N2O5/c1-18-8-5-3-7(4-6-8)14-11(16)10(15)9(13-14)12(17)19-2/h3-6,9,13H,1-2H3. The van der Waals surface area contributed by atoms with E-state index in [0.717, 1.165) is 12.1 Å². The summed E-state index contributed by atoms with van der Waals surface area (Å²) in [6.07, 6.45) is 0. The van der Waals surface area contributed by atoms with Gasteiger partial charge in [0.2, 0.25) is 0 Å². The highest BCUT2D eigenvalue weighted by molar-refractivity contribution is 6.48. The van der Waals surface area contributed by atoms with Crippen LogP contribution in [0.5, 0.6) is 5.75 Å². The van der Waals surface area contributed by atoms with E-state index in [2.05, 4.69) is 10.2 Å². The van der Waals surface area contributed by atoms with Crippen LogP contribution in [0.4, 0.5) is 5.69 Å². The maximum atomic E-state index is 11.8. The molecule has 1 atom stereocenters. The predicted molar refractivity (Wildman–Crippen MR) is 64.4 cm³/mol. The van der Waals surface area contributed by atoms with Crippen molar-refractivity contribution in [3.05, 3.63) is 24.3 Å². The molecule has 1 heterocycles. The average molecular weight is 264 g/mol. The largest absolute Gasteiger partial charge is 0.497 e. The quantitative estimate of drug-likeness (QED) is 0.456. The molecule has 1 aliphatic heterocycles. The summed E-state index contributed by atoms with van der Waals surface area (Å²) in [6, 6.07) is 5.17. The summed E-state index contributed by atoms with van der Waals surface area (Å²) >= 11 is 0. The predicted octanol–water partition coefficient (Wildman–Crippen LogP) is -0.343. The minimum absolute atomic E-state index is 0.436. The molecule has 7 heteroatoms. The number of carbonyl (C=O) groups is 3. The summed E-state index contributed by atoms with van der Waals surface area (Å²) < 4.78 is 9.44. The summed E-state index contributed by atoms with van der Waals surface area (Å²) in [7, 11) is 2.67. The van der Waals surface area contributed by atoms with Crippen LogP contribution in [0.1, 0.15) is 0 Å². The van der Waals surface area contributed by atoms with Gasteiger partial charge in [0, 0.05) is 0 Å². The normalized spacial score (nSPS) is 18.6. The van der Waals surface area contributed by atoms with Gasteiger partial charge in [-0.25, -0.2) is 15.2 Å².